The Kier molecular flexibility index (Phi) is 5.61. The van der Waals surface area contributed by atoms with Crippen LogP contribution in [0, 0.1) is 12.8 Å². The van der Waals surface area contributed by atoms with Crippen LogP contribution in [0.2, 0.25) is 0 Å². The van der Waals surface area contributed by atoms with Crippen LogP contribution in [0.5, 0.6) is 0 Å². The monoisotopic (exact) mass is 518 g/mol. The summed E-state index contributed by atoms with van der Waals surface area (Å²) in [6.07, 6.45) is 17.7. The van der Waals surface area contributed by atoms with E-state index in [1.165, 1.54) is 6.42 Å². The highest BCUT2D eigenvalue weighted by Gasteiger charge is 2.21. The predicted octanol–water partition coefficient (Wildman–Crippen LogP) is 4.97. The minimum Gasteiger partial charge on any atom is -0.335 e. The molecule has 1 amide bonds. The Labute approximate surface area is 223 Å². The summed E-state index contributed by atoms with van der Waals surface area (Å²) >= 11 is 0. The molecule has 1 saturated carbocycles. The van der Waals surface area contributed by atoms with Crippen LogP contribution in [-0.4, -0.2) is 50.6 Å². The number of nitrogens with one attached hydrogen (secondary N) is 3. The van der Waals surface area contributed by atoms with E-state index in [9.17, 15) is 4.79 Å². The molecule has 0 bridgehead atoms. The zero-order valence-electron chi connectivity index (χ0n) is 21.3. The number of aromatic nitrogens is 9. The highest BCUT2D eigenvalue weighted by Crippen LogP contribution is 2.31. The average molecular weight is 519 g/mol. The summed E-state index contributed by atoms with van der Waals surface area (Å²) < 4.78 is 1.91. The van der Waals surface area contributed by atoms with Crippen molar-refractivity contribution in [1.29, 1.82) is 0 Å². The van der Waals surface area contributed by atoms with E-state index < -0.39 is 0 Å². The third-order valence-electron chi connectivity index (χ3n) is 7.31. The standard InChI is InChI=1S/C28H26N10O/c1-16-14-38(15-32-16)24-13-30-11-23-26(24)35-27(34-23)25-20-8-21(31-12-22(20)36-37-25)18-7-19(10-29-9-18)33-28(39)17-5-3-2-4-6-17/h7-15,17H,2-6H2,1H3,(H,33,39)(H,34,35)(H,36,37). The van der Waals surface area contributed by atoms with Crippen LogP contribution < -0.4 is 5.32 Å². The van der Waals surface area contributed by atoms with Gasteiger partial charge in [0.25, 0.3) is 0 Å². The van der Waals surface area contributed by atoms with Crippen LogP contribution in [0.15, 0.2) is 55.6 Å². The van der Waals surface area contributed by atoms with E-state index in [0.717, 1.165) is 70.3 Å². The first-order chi connectivity index (χ1) is 19.1. The molecule has 6 aromatic rings. The van der Waals surface area contributed by atoms with Gasteiger partial charge in [0.15, 0.2) is 5.82 Å². The van der Waals surface area contributed by atoms with Gasteiger partial charge < -0.3 is 14.9 Å². The van der Waals surface area contributed by atoms with Crippen molar-refractivity contribution in [3.05, 3.63) is 61.3 Å². The molecule has 0 aliphatic heterocycles. The number of aromatic amines is 2. The summed E-state index contributed by atoms with van der Waals surface area (Å²) in [6.45, 7) is 1.94. The number of fused-ring (bicyclic) bond motifs is 2. The third-order valence-corrected chi connectivity index (χ3v) is 7.31. The van der Waals surface area contributed by atoms with E-state index in [-0.39, 0.29) is 11.8 Å². The Morgan fingerprint density at radius 2 is 1.87 bits per heavy atom. The second-order valence-electron chi connectivity index (χ2n) is 10.0. The summed E-state index contributed by atoms with van der Waals surface area (Å²) in [4.78, 5) is 38.7. The van der Waals surface area contributed by atoms with Gasteiger partial charge in [0.05, 0.1) is 64.9 Å². The fourth-order valence-corrected chi connectivity index (χ4v) is 5.29. The molecule has 1 aliphatic rings. The summed E-state index contributed by atoms with van der Waals surface area (Å²) in [5, 5.41) is 11.5. The number of carbonyl (C=O) groups is 1. The molecule has 7 rings (SSSR count). The normalized spacial score (nSPS) is 14.3. The minimum absolute atomic E-state index is 0.0683. The van der Waals surface area contributed by atoms with E-state index in [2.05, 4.69) is 40.4 Å². The number of hydrogen-bond donors (Lipinski definition) is 3. The second kappa shape index (κ2) is 9.43. The number of nitrogens with zero attached hydrogens (tertiary/aromatic N) is 7. The number of hydrogen-bond acceptors (Lipinski definition) is 7. The molecule has 0 spiro atoms. The molecule has 0 saturated heterocycles. The van der Waals surface area contributed by atoms with Crippen LogP contribution in [0.4, 0.5) is 5.69 Å². The number of H-pyrrole nitrogens is 2. The minimum atomic E-state index is 0.0683. The lowest BCUT2D eigenvalue weighted by Crippen LogP contribution is -2.24. The van der Waals surface area contributed by atoms with Gasteiger partial charge in [-0.25, -0.2) is 9.97 Å². The molecule has 0 atom stereocenters. The van der Waals surface area contributed by atoms with Crippen molar-refractivity contribution in [2.24, 2.45) is 5.92 Å². The quantitative estimate of drug-likeness (QED) is 0.292. The number of imidazole rings is 2. The Bertz CT molecular complexity index is 1820. The van der Waals surface area contributed by atoms with Gasteiger partial charge in [-0.1, -0.05) is 19.3 Å². The molecule has 194 valence electrons. The van der Waals surface area contributed by atoms with Crippen LogP contribution in [-0.2, 0) is 4.79 Å². The summed E-state index contributed by atoms with van der Waals surface area (Å²) in [6, 6.07) is 3.87. The van der Waals surface area contributed by atoms with Crippen LogP contribution in [0.25, 0.3) is 50.4 Å². The highest BCUT2D eigenvalue weighted by molar-refractivity contribution is 5.96. The van der Waals surface area contributed by atoms with Gasteiger partial charge in [0, 0.05) is 29.3 Å². The highest BCUT2D eigenvalue weighted by atomic mass is 16.1. The van der Waals surface area contributed by atoms with Crippen molar-refractivity contribution in [3.8, 4) is 28.5 Å². The van der Waals surface area contributed by atoms with Gasteiger partial charge >= 0.3 is 0 Å². The fraction of sp³-hybridized carbons (Fsp3) is 0.250. The summed E-state index contributed by atoms with van der Waals surface area (Å²) in [5.74, 6) is 0.757. The lowest BCUT2D eigenvalue weighted by Gasteiger charge is -2.20. The zero-order valence-corrected chi connectivity index (χ0v) is 21.3. The number of rotatable bonds is 5. The van der Waals surface area contributed by atoms with Crippen molar-refractivity contribution < 1.29 is 4.79 Å². The van der Waals surface area contributed by atoms with Crippen molar-refractivity contribution in [1.82, 2.24) is 44.7 Å². The molecule has 0 radical (unpaired) electrons. The van der Waals surface area contributed by atoms with E-state index in [1.54, 1.807) is 37.3 Å². The van der Waals surface area contributed by atoms with Crippen LogP contribution in [0.1, 0.15) is 37.8 Å². The van der Waals surface area contributed by atoms with Gasteiger partial charge in [-0.3, -0.25) is 24.8 Å². The Morgan fingerprint density at radius 3 is 2.72 bits per heavy atom. The lowest BCUT2D eigenvalue weighted by molar-refractivity contribution is -0.120. The SMILES string of the molecule is Cc1cn(-c2cncc3[nH]c(-c4n[nH]c5cnc(-c6cncc(NC(=O)C7CCCCC7)c6)cc45)nc23)cn1. The second-order valence-corrected chi connectivity index (χ2v) is 10.0. The van der Waals surface area contributed by atoms with Gasteiger partial charge in [-0.05, 0) is 31.9 Å². The Hall–Kier alpha value is -4.93. The molecule has 6 aromatic heterocycles. The molecule has 3 N–H and O–H groups in total. The molecule has 0 aromatic carbocycles. The number of anilines is 1. The maximum Gasteiger partial charge on any atom is 0.227 e. The average Bonchev–Trinajstić information content (AvgIpc) is 3.71. The Balaban J connectivity index is 1.22. The predicted molar refractivity (Wildman–Crippen MR) is 147 cm³/mol. The lowest BCUT2D eigenvalue weighted by atomic mass is 9.88. The van der Waals surface area contributed by atoms with Crippen molar-refractivity contribution in [2.75, 3.05) is 5.32 Å². The number of amides is 1. The first kappa shape index (κ1) is 23.2. The first-order valence-corrected chi connectivity index (χ1v) is 13.1. The maximum absolute atomic E-state index is 12.8. The first-order valence-electron chi connectivity index (χ1n) is 13.1. The third kappa shape index (κ3) is 4.31. The summed E-state index contributed by atoms with van der Waals surface area (Å²) in [7, 11) is 0. The molecule has 0 unspecified atom stereocenters. The molecule has 11 heteroatoms. The van der Waals surface area contributed by atoms with E-state index in [0.29, 0.717) is 17.2 Å². The molecular formula is C28H26N10O. The van der Waals surface area contributed by atoms with Gasteiger partial charge in [-0.15, -0.1) is 0 Å². The van der Waals surface area contributed by atoms with Crippen LogP contribution >= 0.6 is 0 Å². The van der Waals surface area contributed by atoms with Gasteiger partial charge in [0.1, 0.15) is 11.2 Å². The maximum atomic E-state index is 12.8. The van der Waals surface area contributed by atoms with E-state index in [1.807, 2.05) is 29.8 Å². The number of pyridine rings is 3. The van der Waals surface area contributed by atoms with Crippen molar-refractivity contribution in [2.45, 2.75) is 39.0 Å². The zero-order chi connectivity index (χ0) is 26.3. The molecule has 1 aliphatic carbocycles. The topological polar surface area (TPSA) is 143 Å². The smallest absolute Gasteiger partial charge is 0.227 e. The van der Waals surface area contributed by atoms with Gasteiger partial charge in [0.2, 0.25) is 5.91 Å². The number of aryl methyl sites for hydroxylation is 1. The van der Waals surface area contributed by atoms with Crippen LogP contribution in [0.3, 0.4) is 0 Å². The summed E-state index contributed by atoms with van der Waals surface area (Å²) in [5.41, 5.74) is 6.96. The van der Waals surface area contributed by atoms with Crippen molar-refractivity contribution in [3.63, 3.8) is 0 Å². The molecule has 6 heterocycles. The van der Waals surface area contributed by atoms with Crippen molar-refractivity contribution >= 4 is 33.5 Å². The molecular weight excluding hydrogens is 492 g/mol. The largest absolute Gasteiger partial charge is 0.335 e. The fourth-order valence-electron chi connectivity index (χ4n) is 5.29. The van der Waals surface area contributed by atoms with E-state index in [4.69, 9.17) is 4.98 Å². The Morgan fingerprint density at radius 1 is 1.00 bits per heavy atom. The molecule has 1 fully saturated rings. The molecule has 11 nitrogen and oxygen atoms in total. The molecule has 39 heavy (non-hydrogen) atoms. The van der Waals surface area contributed by atoms with Gasteiger partial charge in [-0.2, -0.15) is 5.10 Å². The number of carbonyl (C=O) groups excluding carboxylic acids is 1. The van der Waals surface area contributed by atoms with E-state index >= 15 is 0 Å².